The van der Waals surface area contributed by atoms with E-state index in [4.69, 9.17) is 4.74 Å². The van der Waals surface area contributed by atoms with E-state index in [1.54, 1.807) is 0 Å². The second-order valence-corrected chi connectivity index (χ2v) is 6.34. The Bertz CT molecular complexity index is 618. The third kappa shape index (κ3) is 4.29. The summed E-state index contributed by atoms with van der Waals surface area (Å²) in [4.78, 5) is 16.5. The second-order valence-electron chi connectivity index (χ2n) is 5.34. The van der Waals surface area contributed by atoms with Crippen LogP contribution >= 0.6 is 11.3 Å². The summed E-state index contributed by atoms with van der Waals surface area (Å²) in [5.41, 5.74) is 2.00. The van der Waals surface area contributed by atoms with Gasteiger partial charge in [-0.1, -0.05) is 25.2 Å². The van der Waals surface area contributed by atoms with Crippen LogP contribution < -0.4 is 10.1 Å². The topological polar surface area (TPSA) is 51.2 Å². The summed E-state index contributed by atoms with van der Waals surface area (Å²) in [7, 11) is 0. The number of carbonyl (C=O) groups excluding carboxylic acids is 1. The molecule has 0 atom stereocenters. The van der Waals surface area contributed by atoms with Gasteiger partial charge < -0.3 is 10.1 Å². The molecule has 2 rings (SSSR count). The molecule has 0 bridgehead atoms. The van der Waals surface area contributed by atoms with E-state index in [9.17, 15) is 4.79 Å². The highest BCUT2D eigenvalue weighted by Crippen LogP contribution is 2.33. The highest BCUT2D eigenvalue weighted by atomic mass is 32.1. The Morgan fingerprint density at radius 2 is 2.00 bits per heavy atom. The number of rotatable bonds is 5. The van der Waals surface area contributed by atoms with Gasteiger partial charge in [0.2, 0.25) is 5.91 Å². The van der Waals surface area contributed by atoms with Crippen LogP contribution in [0, 0.1) is 12.8 Å². The number of carbonyl (C=O) groups is 1. The van der Waals surface area contributed by atoms with Gasteiger partial charge in [-0.25, -0.2) is 4.98 Å². The van der Waals surface area contributed by atoms with Crippen LogP contribution in [0.5, 0.6) is 5.75 Å². The molecule has 1 aromatic carbocycles. The lowest BCUT2D eigenvalue weighted by Crippen LogP contribution is -2.04. The van der Waals surface area contributed by atoms with Crippen molar-refractivity contribution < 1.29 is 9.53 Å². The van der Waals surface area contributed by atoms with Gasteiger partial charge in [0.1, 0.15) is 5.75 Å². The SMILES string of the molecule is CC(=O)Nc1nc(C)c(-c2ccc(OCC(C)C)cc2)s1. The van der Waals surface area contributed by atoms with Crippen molar-refractivity contribution in [2.45, 2.75) is 27.7 Å². The summed E-state index contributed by atoms with van der Waals surface area (Å²) < 4.78 is 5.68. The van der Waals surface area contributed by atoms with Crippen LogP contribution in [-0.2, 0) is 4.79 Å². The predicted octanol–water partition coefficient (Wildman–Crippen LogP) is 4.11. The minimum absolute atomic E-state index is 0.104. The first-order valence-corrected chi connectivity index (χ1v) is 7.75. The third-order valence-electron chi connectivity index (χ3n) is 2.78. The highest BCUT2D eigenvalue weighted by molar-refractivity contribution is 7.19. The van der Waals surface area contributed by atoms with Gasteiger partial charge in [0.05, 0.1) is 17.2 Å². The number of nitrogens with one attached hydrogen (secondary N) is 1. The minimum Gasteiger partial charge on any atom is -0.493 e. The van der Waals surface area contributed by atoms with Crippen LogP contribution in [-0.4, -0.2) is 17.5 Å². The summed E-state index contributed by atoms with van der Waals surface area (Å²) in [6.07, 6.45) is 0. The van der Waals surface area contributed by atoms with E-state index in [0.29, 0.717) is 17.7 Å². The lowest BCUT2D eigenvalue weighted by atomic mass is 10.1. The first kappa shape index (κ1) is 15.5. The van der Waals surface area contributed by atoms with Gasteiger partial charge in [-0.15, -0.1) is 0 Å². The van der Waals surface area contributed by atoms with E-state index in [0.717, 1.165) is 21.9 Å². The van der Waals surface area contributed by atoms with Crippen LogP contribution in [0.1, 0.15) is 26.5 Å². The maximum absolute atomic E-state index is 11.1. The van der Waals surface area contributed by atoms with E-state index >= 15 is 0 Å². The van der Waals surface area contributed by atoms with E-state index in [2.05, 4.69) is 24.1 Å². The molecular formula is C16H20N2O2S. The lowest BCUT2D eigenvalue weighted by molar-refractivity contribution is -0.114. The van der Waals surface area contributed by atoms with Crippen molar-refractivity contribution in [2.75, 3.05) is 11.9 Å². The van der Waals surface area contributed by atoms with Gasteiger partial charge >= 0.3 is 0 Å². The largest absolute Gasteiger partial charge is 0.493 e. The maximum Gasteiger partial charge on any atom is 0.223 e. The zero-order valence-electron chi connectivity index (χ0n) is 12.8. The summed E-state index contributed by atoms with van der Waals surface area (Å²) in [5, 5.41) is 3.36. The number of benzene rings is 1. The summed E-state index contributed by atoms with van der Waals surface area (Å²) in [6, 6.07) is 7.98. The van der Waals surface area contributed by atoms with Gasteiger partial charge in [-0.2, -0.15) is 0 Å². The van der Waals surface area contributed by atoms with Crippen LogP contribution in [0.15, 0.2) is 24.3 Å². The normalized spacial score (nSPS) is 10.7. The van der Waals surface area contributed by atoms with Crippen molar-refractivity contribution in [1.82, 2.24) is 4.98 Å². The van der Waals surface area contributed by atoms with Gasteiger partial charge in [-0.3, -0.25) is 4.79 Å². The Kier molecular flexibility index (Phi) is 4.96. The monoisotopic (exact) mass is 304 g/mol. The second kappa shape index (κ2) is 6.72. The molecule has 112 valence electrons. The van der Waals surface area contributed by atoms with Crippen LogP contribution in [0.2, 0.25) is 0 Å². The molecule has 1 N–H and O–H groups in total. The highest BCUT2D eigenvalue weighted by Gasteiger charge is 2.10. The van der Waals surface area contributed by atoms with Crippen molar-refractivity contribution in [3.8, 4) is 16.2 Å². The molecule has 2 aromatic rings. The zero-order valence-corrected chi connectivity index (χ0v) is 13.6. The standard InChI is InChI=1S/C16H20N2O2S/c1-10(2)9-20-14-7-5-13(6-8-14)15-11(3)17-16(21-15)18-12(4)19/h5-8,10H,9H2,1-4H3,(H,17,18,19). The first-order chi connectivity index (χ1) is 9.95. The van der Waals surface area contributed by atoms with Crippen molar-refractivity contribution >= 4 is 22.4 Å². The van der Waals surface area contributed by atoms with E-state index in [1.807, 2.05) is 31.2 Å². The Hall–Kier alpha value is -1.88. The fourth-order valence-corrected chi connectivity index (χ4v) is 2.85. The van der Waals surface area contributed by atoms with Gasteiger partial charge in [-0.05, 0) is 42.7 Å². The number of aromatic nitrogens is 1. The Labute approximate surface area is 129 Å². The fraction of sp³-hybridized carbons (Fsp3) is 0.375. The molecule has 0 unspecified atom stereocenters. The number of hydrogen-bond acceptors (Lipinski definition) is 4. The Morgan fingerprint density at radius 3 is 2.57 bits per heavy atom. The average molecular weight is 304 g/mol. The first-order valence-electron chi connectivity index (χ1n) is 6.94. The molecule has 1 heterocycles. The molecular weight excluding hydrogens is 284 g/mol. The molecule has 0 aliphatic heterocycles. The van der Waals surface area contributed by atoms with Gasteiger partial charge in [0.25, 0.3) is 0 Å². The zero-order chi connectivity index (χ0) is 15.4. The summed E-state index contributed by atoms with van der Waals surface area (Å²) >= 11 is 1.48. The van der Waals surface area contributed by atoms with Crippen molar-refractivity contribution in [3.05, 3.63) is 30.0 Å². The molecule has 0 radical (unpaired) electrons. The molecule has 1 amide bonds. The Morgan fingerprint density at radius 1 is 1.33 bits per heavy atom. The third-order valence-corrected chi connectivity index (χ3v) is 3.90. The number of anilines is 1. The average Bonchev–Trinajstić information content (AvgIpc) is 2.77. The predicted molar refractivity (Wildman–Crippen MR) is 86.9 cm³/mol. The molecule has 0 saturated carbocycles. The van der Waals surface area contributed by atoms with Crippen LogP contribution in [0.3, 0.4) is 0 Å². The molecule has 4 nitrogen and oxygen atoms in total. The van der Waals surface area contributed by atoms with Gasteiger partial charge in [0, 0.05) is 6.92 Å². The molecule has 0 aliphatic carbocycles. The Balaban J connectivity index is 2.14. The van der Waals surface area contributed by atoms with Crippen LogP contribution in [0.4, 0.5) is 5.13 Å². The number of hydrogen-bond donors (Lipinski definition) is 1. The number of nitrogens with zero attached hydrogens (tertiary/aromatic N) is 1. The van der Waals surface area contributed by atoms with E-state index in [1.165, 1.54) is 18.3 Å². The molecule has 0 fully saturated rings. The molecule has 5 heteroatoms. The van der Waals surface area contributed by atoms with Crippen molar-refractivity contribution in [2.24, 2.45) is 5.92 Å². The summed E-state index contributed by atoms with van der Waals surface area (Å²) in [6.45, 7) is 8.39. The van der Waals surface area contributed by atoms with Gasteiger partial charge in [0.15, 0.2) is 5.13 Å². The molecule has 1 aromatic heterocycles. The smallest absolute Gasteiger partial charge is 0.223 e. The van der Waals surface area contributed by atoms with Crippen molar-refractivity contribution in [1.29, 1.82) is 0 Å². The quantitative estimate of drug-likeness (QED) is 0.904. The number of aryl methyl sites for hydroxylation is 1. The number of ether oxygens (including phenoxy) is 1. The molecule has 21 heavy (non-hydrogen) atoms. The summed E-state index contributed by atoms with van der Waals surface area (Å²) in [5.74, 6) is 1.28. The minimum atomic E-state index is -0.104. The lowest BCUT2D eigenvalue weighted by Gasteiger charge is -2.08. The molecule has 0 spiro atoms. The van der Waals surface area contributed by atoms with Crippen molar-refractivity contribution in [3.63, 3.8) is 0 Å². The number of thiazole rings is 1. The van der Waals surface area contributed by atoms with Crippen LogP contribution in [0.25, 0.3) is 10.4 Å². The number of amides is 1. The molecule has 0 aliphatic rings. The van der Waals surface area contributed by atoms with E-state index < -0.39 is 0 Å². The van der Waals surface area contributed by atoms with E-state index in [-0.39, 0.29) is 5.91 Å². The molecule has 0 saturated heterocycles. The maximum atomic E-state index is 11.1. The fourth-order valence-electron chi connectivity index (χ4n) is 1.83.